The molecule has 0 amide bonds. The lowest BCUT2D eigenvalue weighted by Crippen LogP contribution is -2.31. The van der Waals surface area contributed by atoms with Crippen molar-refractivity contribution < 1.29 is 9.47 Å². The van der Waals surface area contributed by atoms with Crippen LogP contribution in [-0.2, 0) is 6.61 Å². The van der Waals surface area contributed by atoms with Crippen LogP contribution in [0.1, 0.15) is 18.1 Å². The molecule has 0 bridgehead atoms. The summed E-state index contributed by atoms with van der Waals surface area (Å²) in [6, 6.07) is 13.4. The number of rotatable bonds is 7. The van der Waals surface area contributed by atoms with Gasteiger partial charge in [0.05, 0.1) is 18.3 Å². The van der Waals surface area contributed by atoms with E-state index in [2.05, 4.69) is 15.8 Å². The summed E-state index contributed by atoms with van der Waals surface area (Å²) in [6.45, 7) is 3.09. The summed E-state index contributed by atoms with van der Waals surface area (Å²) >= 11 is 11.4. The molecule has 0 radical (unpaired) electrons. The normalized spacial score (nSPS) is 10.5. The molecule has 0 aliphatic carbocycles. The van der Waals surface area contributed by atoms with Crippen molar-refractivity contribution in [1.82, 2.24) is 10.7 Å². The highest BCUT2D eigenvalue weighted by molar-refractivity contribution is 7.80. The highest BCUT2D eigenvalue weighted by Crippen LogP contribution is 2.36. The number of hydrazone groups is 1. The van der Waals surface area contributed by atoms with Crippen LogP contribution in [-0.4, -0.2) is 25.0 Å². The summed E-state index contributed by atoms with van der Waals surface area (Å²) in [4.78, 5) is 0. The van der Waals surface area contributed by atoms with E-state index >= 15 is 0 Å². The Morgan fingerprint density at radius 2 is 2.04 bits per heavy atom. The number of thiocarbonyl (C=S) groups is 1. The van der Waals surface area contributed by atoms with Crippen molar-refractivity contribution in [3.05, 3.63) is 58.6 Å². The average molecular weight is 378 g/mol. The van der Waals surface area contributed by atoms with Crippen molar-refractivity contribution >= 4 is 35.1 Å². The Bertz CT molecular complexity index is 739. The number of ether oxygens (including phenoxy) is 2. The molecule has 0 fully saturated rings. The van der Waals surface area contributed by atoms with Crippen LogP contribution in [0.3, 0.4) is 0 Å². The predicted molar refractivity (Wildman–Crippen MR) is 106 cm³/mol. The van der Waals surface area contributed by atoms with Crippen LogP contribution in [0.4, 0.5) is 0 Å². The van der Waals surface area contributed by atoms with Gasteiger partial charge in [-0.25, -0.2) is 0 Å². The summed E-state index contributed by atoms with van der Waals surface area (Å²) in [5.41, 5.74) is 4.54. The molecule has 0 atom stereocenters. The maximum atomic E-state index is 6.35. The predicted octanol–water partition coefficient (Wildman–Crippen LogP) is 3.75. The molecular weight excluding hydrogens is 358 g/mol. The first-order valence-corrected chi connectivity index (χ1v) is 8.53. The molecule has 0 aliphatic rings. The Balaban J connectivity index is 2.09. The number of nitrogens with zero attached hydrogens (tertiary/aromatic N) is 1. The lowest BCUT2D eigenvalue weighted by Gasteiger charge is -2.13. The maximum absolute atomic E-state index is 6.35. The molecule has 2 aromatic rings. The zero-order valence-corrected chi connectivity index (χ0v) is 15.7. The maximum Gasteiger partial charge on any atom is 0.186 e. The molecule has 0 spiro atoms. The third kappa shape index (κ3) is 5.92. The second-order valence-electron chi connectivity index (χ2n) is 5.04. The van der Waals surface area contributed by atoms with Gasteiger partial charge in [0, 0.05) is 6.54 Å². The van der Waals surface area contributed by atoms with Crippen molar-refractivity contribution in [2.24, 2.45) is 5.10 Å². The first kappa shape index (κ1) is 19.0. The second kappa shape index (κ2) is 9.86. The van der Waals surface area contributed by atoms with Gasteiger partial charge in [-0.3, -0.25) is 5.43 Å². The standard InChI is InChI=1S/C18H20ClN3O2S/c1-3-20-18(25)22-21-11-14-9-15(19)17(16(10-14)23-2)24-12-13-7-5-4-6-8-13/h4-11H,3,12H2,1-2H3,(H2,20,22,25)/b21-11+. The third-order valence-corrected chi connectivity index (χ3v) is 3.71. The van der Waals surface area contributed by atoms with Gasteiger partial charge < -0.3 is 14.8 Å². The topological polar surface area (TPSA) is 54.9 Å². The third-order valence-electron chi connectivity index (χ3n) is 3.19. The van der Waals surface area contributed by atoms with Crippen LogP contribution in [0.2, 0.25) is 5.02 Å². The summed E-state index contributed by atoms with van der Waals surface area (Å²) in [7, 11) is 1.57. The van der Waals surface area contributed by atoms with E-state index < -0.39 is 0 Å². The SMILES string of the molecule is CCNC(=S)N/N=C/c1cc(Cl)c(OCc2ccccc2)c(OC)c1. The Morgan fingerprint density at radius 3 is 2.72 bits per heavy atom. The number of nitrogens with one attached hydrogen (secondary N) is 2. The Kier molecular flexibility index (Phi) is 7.50. The minimum Gasteiger partial charge on any atom is -0.493 e. The number of methoxy groups -OCH3 is 1. The van der Waals surface area contributed by atoms with E-state index in [0.717, 1.165) is 17.7 Å². The minimum absolute atomic E-state index is 0.406. The number of benzene rings is 2. The van der Waals surface area contributed by atoms with E-state index in [0.29, 0.717) is 28.2 Å². The molecule has 7 heteroatoms. The molecule has 0 saturated carbocycles. The van der Waals surface area contributed by atoms with E-state index in [9.17, 15) is 0 Å². The van der Waals surface area contributed by atoms with Crippen molar-refractivity contribution in [2.45, 2.75) is 13.5 Å². The van der Waals surface area contributed by atoms with Gasteiger partial charge >= 0.3 is 0 Å². The Hall–Kier alpha value is -2.31. The van der Waals surface area contributed by atoms with E-state index in [-0.39, 0.29) is 0 Å². The molecule has 5 nitrogen and oxygen atoms in total. The van der Waals surface area contributed by atoms with Crippen LogP contribution < -0.4 is 20.2 Å². The molecule has 25 heavy (non-hydrogen) atoms. The summed E-state index contributed by atoms with van der Waals surface area (Å²) < 4.78 is 11.2. The van der Waals surface area contributed by atoms with Crippen LogP contribution >= 0.6 is 23.8 Å². The van der Waals surface area contributed by atoms with Gasteiger partial charge in [-0.1, -0.05) is 41.9 Å². The van der Waals surface area contributed by atoms with E-state index in [1.54, 1.807) is 25.5 Å². The van der Waals surface area contributed by atoms with Gasteiger partial charge in [0.25, 0.3) is 0 Å². The summed E-state index contributed by atoms with van der Waals surface area (Å²) in [5, 5.41) is 7.92. The Morgan fingerprint density at radius 1 is 1.28 bits per heavy atom. The molecule has 0 aliphatic heterocycles. The zero-order chi connectivity index (χ0) is 18.1. The van der Waals surface area contributed by atoms with Crippen LogP contribution in [0.15, 0.2) is 47.6 Å². The fourth-order valence-electron chi connectivity index (χ4n) is 2.05. The van der Waals surface area contributed by atoms with Crippen LogP contribution in [0, 0.1) is 0 Å². The van der Waals surface area contributed by atoms with Gasteiger partial charge in [-0.2, -0.15) is 5.10 Å². The first-order valence-electron chi connectivity index (χ1n) is 7.75. The van der Waals surface area contributed by atoms with Gasteiger partial charge in [0.1, 0.15) is 6.61 Å². The largest absolute Gasteiger partial charge is 0.493 e. The Labute approximate surface area is 158 Å². The monoisotopic (exact) mass is 377 g/mol. The lowest BCUT2D eigenvalue weighted by atomic mass is 10.2. The quantitative estimate of drug-likeness (QED) is 0.437. The second-order valence-corrected chi connectivity index (χ2v) is 5.85. The molecule has 2 N–H and O–H groups in total. The molecule has 0 heterocycles. The molecule has 132 valence electrons. The molecular formula is C18H20ClN3O2S. The van der Waals surface area contributed by atoms with E-state index in [4.69, 9.17) is 33.3 Å². The summed E-state index contributed by atoms with van der Waals surface area (Å²) in [6.07, 6.45) is 1.61. The van der Waals surface area contributed by atoms with Crippen molar-refractivity contribution in [3.63, 3.8) is 0 Å². The number of halogens is 1. The smallest absolute Gasteiger partial charge is 0.186 e. The van der Waals surface area contributed by atoms with Gasteiger partial charge in [-0.15, -0.1) is 0 Å². The number of hydrogen-bond donors (Lipinski definition) is 2. The van der Waals surface area contributed by atoms with Crippen molar-refractivity contribution in [3.8, 4) is 11.5 Å². The van der Waals surface area contributed by atoms with Crippen LogP contribution in [0.5, 0.6) is 11.5 Å². The van der Waals surface area contributed by atoms with Crippen molar-refractivity contribution in [2.75, 3.05) is 13.7 Å². The highest BCUT2D eigenvalue weighted by atomic mass is 35.5. The highest BCUT2D eigenvalue weighted by Gasteiger charge is 2.12. The fraction of sp³-hybridized carbons (Fsp3) is 0.222. The van der Waals surface area contributed by atoms with Crippen LogP contribution in [0.25, 0.3) is 0 Å². The molecule has 0 saturated heterocycles. The van der Waals surface area contributed by atoms with Gasteiger partial charge in [0.2, 0.25) is 0 Å². The minimum atomic E-state index is 0.406. The van der Waals surface area contributed by atoms with E-state index in [1.807, 2.05) is 37.3 Å². The number of hydrogen-bond acceptors (Lipinski definition) is 4. The first-order chi connectivity index (χ1) is 12.1. The summed E-state index contributed by atoms with van der Waals surface area (Å²) in [5.74, 6) is 1.04. The van der Waals surface area contributed by atoms with Gasteiger partial charge in [0.15, 0.2) is 16.6 Å². The molecule has 0 unspecified atom stereocenters. The average Bonchev–Trinajstić information content (AvgIpc) is 2.61. The molecule has 0 aromatic heterocycles. The molecule has 2 aromatic carbocycles. The van der Waals surface area contributed by atoms with Crippen molar-refractivity contribution in [1.29, 1.82) is 0 Å². The fourth-order valence-corrected chi connectivity index (χ4v) is 2.52. The zero-order valence-electron chi connectivity index (χ0n) is 14.1. The van der Waals surface area contributed by atoms with E-state index in [1.165, 1.54) is 0 Å². The molecule has 2 rings (SSSR count). The lowest BCUT2D eigenvalue weighted by molar-refractivity contribution is 0.284. The van der Waals surface area contributed by atoms with Gasteiger partial charge in [-0.05, 0) is 42.4 Å².